The number of nitrogens with zero attached hydrogens (tertiary/aromatic N) is 1. The number of aliphatic imine (C=N–C) groups is 1. The first-order valence-electron chi connectivity index (χ1n) is 8.16. The van der Waals surface area contributed by atoms with Crippen LogP contribution in [-0.2, 0) is 10.9 Å². The third-order valence-electron chi connectivity index (χ3n) is 3.73. The van der Waals surface area contributed by atoms with E-state index >= 15 is 0 Å². The monoisotopic (exact) mass is 357 g/mol. The minimum atomic E-state index is -4.41. The van der Waals surface area contributed by atoms with Crippen molar-refractivity contribution in [1.82, 2.24) is 10.6 Å². The molecule has 2 unspecified atom stereocenters. The lowest BCUT2D eigenvalue weighted by atomic mass is 9.97. The Bertz CT molecular complexity index is 644. The van der Waals surface area contributed by atoms with Crippen LogP contribution in [0.4, 0.5) is 18.0 Å². The lowest BCUT2D eigenvalue weighted by Crippen LogP contribution is -2.42. The van der Waals surface area contributed by atoms with Crippen LogP contribution >= 0.6 is 0 Å². The van der Waals surface area contributed by atoms with Crippen molar-refractivity contribution in [2.45, 2.75) is 45.5 Å². The van der Waals surface area contributed by atoms with Crippen LogP contribution in [0.5, 0.6) is 0 Å². The molecule has 0 aromatic heterocycles. The normalized spacial score (nSPS) is 20.2. The number of nitrogens with one attached hydrogen (secondary N) is 2. The Labute approximate surface area is 144 Å². The molecule has 2 atom stereocenters. The summed E-state index contributed by atoms with van der Waals surface area (Å²) < 4.78 is 43.7. The van der Waals surface area contributed by atoms with Crippen LogP contribution in [-0.4, -0.2) is 24.7 Å². The number of guanidine groups is 1. The van der Waals surface area contributed by atoms with Gasteiger partial charge in [0, 0.05) is 0 Å². The predicted octanol–water partition coefficient (Wildman–Crippen LogP) is 3.87. The maximum atomic E-state index is 12.9. The summed E-state index contributed by atoms with van der Waals surface area (Å²) in [5.74, 6) is 0.411. The number of alkyl halides is 3. The van der Waals surface area contributed by atoms with Crippen LogP contribution in [0.3, 0.4) is 0 Å². The summed E-state index contributed by atoms with van der Waals surface area (Å²) >= 11 is 0. The maximum Gasteiger partial charge on any atom is 0.416 e. The zero-order valence-electron chi connectivity index (χ0n) is 14.4. The highest BCUT2D eigenvalue weighted by Gasteiger charge is 2.34. The fourth-order valence-electron chi connectivity index (χ4n) is 2.50. The van der Waals surface area contributed by atoms with Crippen molar-refractivity contribution < 1.29 is 22.7 Å². The van der Waals surface area contributed by atoms with Gasteiger partial charge < -0.3 is 10.1 Å². The lowest BCUT2D eigenvalue weighted by Gasteiger charge is -2.18. The Morgan fingerprint density at radius 2 is 2.12 bits per heavy atom. The third-order valence-corrected chi connectivity index (χ3v) is 3.73. The van der Waals surface area contributed by atoms with Crippen molar-refractivity contribution >= 4 is 12.1 Å². The molecule has 0 bridgehead atoms. The fourth-order valence-corrected chi connectivity index (χ4v) is 2.50. The highest BCUT2D eigenvalue weighted by Crippen LogP contribution is 2.33. The number of benzene rings is 1. The smallest absolute Gasteiger partial charge is 0.416 e. The number of carbonyl (C=O) groups excluding carboxylic acids is 1. The standard InChI is InChI=1S/C17H22F3N3O2/c1-4-13-14(11-6-5-7-12(8-11)17(18,19)20)22-15(21-13)23-16(24)25-9-10(2)3/h5-8,10,13-14H,4,9H2,1-3H3,(H2,21,22,23,24). The second kappa shape index (κ2) is 7.76. The van der Waals surface area contributed by atoms with E-state index in [1.807, 2.05) is 20.8 Å². The van der Waals surface area contributed by atoms with Gasteiger partial charge in [-0.25, -0.2) is 9.79 Å². The highest BCUT2D eigenvalue weighted by atomic mass is 19.4. The van der Waals surface area contributed by atoms with Gasteiger partial charge in [0.2, 0.25) is 5.96 Å². The van der Waals surface area contributed by atoms with Crippen molar-refractivity contribution in [1.29, 1.82) is 0 Å². The van der Waals surface area contributed by atoms with Crippen molar-refractivity contribution in [3.8, 4) is 0 Å². The number of hydrogen-bond acceptors (Lipinski definition) is 4. The second-order valence-electron chi connectivity index (χ2n) is 6.32. The summed E-state index contributed by atoms with van der Waals surface area (Å²) in [4.78, 5) is 16.1. The van der Waals surface area contributed by atoms with Crippen molar-refractivity contribution in [2.75, 3.05) is 6.61 Å². The molecule has 0 aliphatic carbocycles. The lowest BCUT2D eigenvalue weighted by molar-refractivity contribution is -0.137. The van der Waals surface area contributed by atoms with Gasteiger partial charge in [0.1, 0.15) is 0 Å². The summed E-state index contributed by atoms with van der Waals surface area (Å²) in [6, 6.07) is 4.38. The van der Waals surface area contributed by atoms with Gasteiger partial charge in [0.15, 0.2) is 0 Å². The van der Waals surface area contributed by atoms with Gasteiger partial charge in [-0.3, -0.25) is 5.32 Å². The predicted molar refractivity (Wildman–Crippen MR) is 88.2 cm³/mol. The highest BCUT2D eigenvalue weighted by molar-refractivity contribution is 5.95. The zero-order chi connectivity index (χ0) is 18.6. The van der Waals surface area contributed by atoms with E-state index in [0.29, 0.717) is 12.0 Å². The van der Waals surface area contributed by atoms with Crippen LogP contribution in [0.2, 0.25) is 0 Å². The first-order valence-corrected chi connectivity index (χ1v) is 8.16. The number of rotatable bonds is 4. The van der Waals surface area contributed by atoms with E-state index in [4.69, 9.17) is 4.74 Å². The molecule has 0 saturated heterocycles. The van der Waals surface area contributed by atoms with E-state index in [1.54, 1.807) is 6.07 Å². The van der Waals surface area contributed by atoms with Crippen LogP contribution in [0, 0.1) is 5.92 Å². The molecule has 2 rings (SSSR count). The average Bonchev–Trinajstić information content (AvgIpc) is 2.95. The fraction of sp³-hybridized carbons (Fsp3) is 0.529. The van der Waals surface area contributed by atoms with Crippen molar-refractivity contribution in [2.24, 2.45) is 10.9 Å². The van der Waals surface area contributed by atoms with Gasteiger partial charge in [-0.2, -0.15) is 13.2 Å². The van der Waals surface area contributed by atoms with Gasteiger partial charge >= 0.3 is 12.3 Å². The molecule has 8 heteroatoms. The van der Waals surface area contributed by atoms with Crippen LogP contribution in [0.25, 0.3) is 0 Å². The van der Waals surface area contributed by atoms with Gasteiger partial charge in [-0.15, -0.1) is 0 Å². The summed E-state index contributed by atoms with van der Waals surface area (Å²) in [6.07, 6.45) is -4.41. The van der Waals surface area contributed by atoms with Crippen LogP contribution < -0.4 is 10.6 Å². The third kappa shape index (κ3) is 5.11. The molecule has 0 spiro atoms. The molecule has 0 radical (unpaired) electrons. The molecular formula is C17H22F3N3O2. The Kier molecular flexibility index (Phi) is 5.92. The number of alkyl carbamates (subject to hydrolysis) is 1. The Morgan fingerprint density at radius 1 is 1.40 bits per heavy atom. The van der Waals surface area contributed by atoms with E-state index in [9.17, 15) is 18.0 Å². The molecule has 1 aliphatic heterocycles. The SMILES string of the molecule is CCC1NC(NC(=O)OCC(C)C)=NC1c1cccc(C(F)(F)F)c1. The number of amides is 1. The number of hydrogen-bond donors (Lipinski definition) is 2. The summed E-state index contributed by atoms with van der Waals surface area (Å²) in [6.45, 7) is 5.99. The molecule has 1 aromatic carbocycles. The summed E-state index contributed by atoms with van der Waals surface area (Å²) in [5.41, 5.74) is -0.269. The van der Waals surface area contributed by atoms with E-state index in [-0.39, 0.29) is 24.5 Å². The molecule has 0 saturated carbocycles. The quantitative estimate of drug-likeness (QED) is 0.860. The first-order chi connectivity index (χ1) is 11.7. The van der Waals surface area contributed by atoms with Crippen LogP contribution in [0.1, 0.15) is 44.4 Å². The average molecular weight is 357 g/mol. The van der Waals surface area contributed by atoms with Gasteiger partial charge in [-0.05, 0) is 30.0 Å². The van der Waals surface area contributed by atoms with Gasteiger partial charge in [0.05, 0.1) is 24.3 Å². The molecule has 0 fully saturated rings. The number of ether oxygens (including phenoxy) is 1. The number of halogens is 3. The van der Waals surface area contributed by atoms with Crippen LogP contribution in [0.15, 0.2) is 29.3 Å². The molecule has 2 N–H and O–H groups in total. The van der Waals surface area contributed by atoms with E-state index in [1.165, 1.54) is 6.07 Å². The molecule has 1 heterocycles. The van der Waals surface area contributed by atoms with Gasteiger partial charge in [-0.1, -0.05) is 32.9 Å². The second-order valence-corrected chi connectivity index (χ2v) is 6.32. The molecule has 1 amide bonds. The Morgan fingerprint density at radius 3 is 2.72 bits per heavy atom. The molecule has 1 aromatic rings. The zero-order valence-corrected chi connectivity index (χ0v) is 14.4. The first kappa shape index (κ1) is 19.1. The Hall–Kier alpha value is -2.25. The van der Waals surface area contributed by atoms with Gasteiger partial charge in [0.25, 0.3) is 0 Å². The largest absolute Gasteiger partial charge is 0.449 e. The number of carbonyl (C=O) groups is 1. The summed E-state index contributed by atoms with van der Waals surface area (Å²) in [5, 5.41) is 5.52. The minimum Gasteiger partial charge on any atom is -0.449 e. The molecule has 1 aliphatic rings. The van der Waals surface area contributed by atoms with E-state index in [2.05, 4.69) is 15.6 Å². The molecular weight excluding hydrogens is 335 g/mol. The maximum absolute atomic E-state index is 12.9. The topological polar surface area (TPSA) is 62.7 Å². The van der Waals surface area contributed by atoms with Crippen molar-refractivity contribution in [3.63, 3.8) is 0 Å². The van der Waals surface area contributed by atoms with E-state index < -0.39 is 23.9 Å². The van der Waals surface area contributed by atoms with E-state index in [0.717, 1.165) is 12.1 Å². The Balaban J connectivity index is 2.14. The molecule has 25 heavy (non-hydrogen) atoms. The molecule has 138 valence electrons. The minimum absolute atomic E-state index is 0.200. The van der Waals surface area contributed by atoms with Crippen molar-refractivity contribution in [3.05, 3.63) is 35.4 Å². The molecule has 5 nitrogen and oxygen atoms in total. The summed E-state index contributed by atoms with van der Waals surface area (Å²) in [7, 11) is 0.